The maximum atomic E-state index is 14.3. The van der Waals surface area contributed by atoms with Crippen molar-refractivity contribution in [3.8, 4) is 22.6 Å². The van der Waals surface area contributed by atoms with E-state index in [2.05, 4.69) is 36.1 Å². The van der Waals surface area contributed by atoms with Gasteiger partial charge in [-0.2, -0.15) is 15.0 Å². The molecule has 0 fully saturated rings. The summed E-state index contributed by atoms with van der Waals surface area (Å²) in [5, 5.41) is 13.2. The highest BCUT2D eigenvalue weighted by molar-refractivity contribution is 6.43. The Morgan fingerprint density at radius 3 is 1.75 bits per heavy atom. The Kier molecular flexibility index (Phi) is 8.01. The van der Waals surface area contributed by atoms with E-state index in [0.29, 0.717) is 44.9 Å². The largest absolute Gasteiger partial charge is 0.356 e. The number of anilines is 6. The molecular weight excluding hydrogens is 621 g/mol. The molecule has 2 heterocycles. The van der Waals surface area contributed by atoms with Crippen LogP contribution in [0.3, 0.4) is 0 Å². The van der Waals surface area contributed by atoms with Gasteiger partial charge in [-0.05, 0) is 48.5 Å². The van der Waals surface area contributed by atoms with Crippen LogP contribution in [0.5, 0.6) is 0 Å². The molecule has 3 N–H and O–H groups in total. The molecule has 220 valence electrons. The molecule has 4 aromatic carbocycles. The van der Waals surface area contributed by atoms with Crippen LogP contribution in [0.2, 0.25) is 10.0 Å². The molecule has 6 aromatic rings. The number of hydrogen-bond donors (Lipinski definition) is 3. The van der Waals surface area contributed by atoms with Crippen molar-refractivity contribution >= 4 is 58.1 Å². The molecule has 0 spiro atoms. The van der Waals surface area contributed by atoms with Crippen LogP contribution in [-0.4, -0.2) is 20.1 Å². The van der Waals surface area contributed by atoms with E-state index in [1.165, 1.54) is 12.1 Å². The molecule has 0 bridgehead atoms. The van der Waals surface area contributed by atoms with Crippen LogP contribution >= 0.6 is 23.2 Å². The SMILES string of the molecule is Fc1ccc(Nc2nc(Nc3ccc(-c4cc(-c5cccc(Cl)c5Cl)on4)cc3)nc(Nc3ccc(F)cc3F)n2)c(F)c1. The molecule has 44 heavy (non-hydrogen) atoms. The maximum Gasteiger partial charge on any atom is 0.233 e. The lowest BCUT2D eigenvalue weighted by molar-refractivity contribution is 0.435. The summed E-state index contributed by atoms with van der Waals surface area (Å²) in [5.74, 6) is -3.17. The van der Waals surface area contributed by atoms with Gasteiger partial charge in [-0.3, -0.25) is 0 Å². The van der Waals surface area contributed by atoms with Crippen LogP contribution in [-0.2, 0) is 0 Å². The molecule has 0 saturated carbocycles. The normalized spacial score (nSPS) is 11.0. The van der Waals surface area contributed by atoms with E-state index >= 15 is 0 Å². The smallest absolute Gasteiger partial charge is 0.233 e. The number of hydrogen-bond acceptors (Lipinski definition) is 8. The lowest BCUT2D eigenvalue weighted by Gasteiger charge is -2.12. The summed E-state index contributed by atoms with van der Waals surface area (Å²) < 4.78 is 60.9. The standard InChI is InChI=1S/C30H17Cl2F4N7O/c31-20-3-1-2-19(27(20)32)26-14-25(43-44-26)15-4-8-18(9-5-15)37-28-40-29(38-23-10-6-16(33)12-21(23)35)42-30(41-28)39-24-11-7-17(34)13-22(24)36/h1-14H,(H3,37,38,39,40,41,42). The summed E-state index contributed by atoms with van der Waals surface area (Å²) in [7, 11) is 0. The fourth-order valence-corrected chi connectivity index (χ4v) is 4.45. The van der Waals surface area contributed by atoms with E-state index < -0.39 is 23.3 Å². The third kappa shape index (κ3) is 6.41. The van der Waals surface area contributed by atoms with Gasteiger partial charge in [0, 0.05) is 35.0 Å². The summed E-state index contributed by atoms with van der Waals surface area (Å²) in [6, 6.07) is 19.7. The van der Waals surface area contributed by atoms with Gasteiger partial charge < -0.3 is 20.5 Å². The van der Waals surface area contributed by atoms with Gasteiger partial charge in [0.15, 0.2) is 5.76 Å². The second-order valence-corrected chi connectivity index (χ2v) is 9.97. The van der Waals surface area contributed by atoms with Crippen LogP contribution in [0.15, 0.2) is 89.5 Å². The second kappa shape index (κ2) is 12.2. The van der Waals surface area contributed by atoms with Gasteiger partial charge in [0.2, 0.25) is 17.8 Å². The van der Waals surface area contributed by atoms with Gasteiger partial charge in [0.25, 0.3) is 0 Å². The minimum atomic E-state index is -0.886. The molecule has 0 aliphatic heterocycles. The van der Waals surface area contributed by atoms with Crippen molar-refractivity contribution in [3.63, 3.8) is 0 Å². The van der Waals surface area contributed by atoms with Crippen LogP contribution in [0, 0.1) is 23.3 Å². The second-order valence-electron chi connectivity index (χ2n) is 9.18. The molecule has 0 saturated heterocycles. The first-order valence-corrected chi connectivity index (χ1v) is 13.5. The van der Waals surface area contributed by atoms with Crippen molar-refractivity contribution in [3.05, 3.63) is 118 Å². The molecule has 8 nitrogen and oxygen atoms in total. The summed E-state index contributed by atoms with van der Waals surface area (Å²) in [6.45, 7) is 0. The van der Waals surface area contributed by atoms with E-state index in [4.69, 9.17) is 27.7 Å². The number of nitrogens with zero attached hydrogens (tertiary/aromatic N) is 4. The van der Waals surface area contributed by atoms with Crippen LogP contribution in [0.25, 0.3) is 22.6 Å². The summed E-state index contributed by atoms with van der Waals surface area (Å²) in [5.41, 5.74) is 2.18. The minimum Gasteiger partial charge on any atom is -0.356 e. The fourth-order valence-electron chi connectivity index (χ4n) is 4.05. The molecule has 2 aromatic heterocycles. The third-order valence-electron chi connectivity index (χ3n) is 6.15. The van der Waals surface area contributed by atoms with Gasteiger partial charge in [-0.1, -0.05) is 46.6 Å². The number of nitrogens with one attached hydrogen (secondary N) is 3. The van der Waals surface area contributed by atoms with Crippen molar-refractivity contribution in [1.29, 1.82) is 0 Å². The molecule has 0 aliphatic rings. The first kappa shape index (κ1) is 28.9. The average molecular weight is 638 g/mol. The van der Waals surface area contributed by atoms with Gasteiger partial charge in [-0.15, -0.1) is 0 Å². The zero-order valence-corrected chi connectivity index (χ0v) is 23.6. The van der Waals surface area contributed by atoms with E-state index in [1.54, 1.807) is 48.5 Å². The van der Waals surface area contributed by atoms with Crippen molar-refractivity contribution in [2.24, 2.45) is 0 Å². The van der Waals surface area contributed by atoms with E-state index in [0.717, 1.165) is 17.7 Å². The zero-order valence-electron chi connectivity index (χ0n) is 22.0. The lowest BCUT2D eigenvalue weighted by atomic mass is 10.1. The first-order valence-electron chi connectivity index (χ1n) is 12.7. The Bertz CT molecular complexity index is 1920. The highest BCUT2D eigenvalue weighted by atomic mass is 35.5. The van der Waals surface area contributed by atoms with Gasteiger partial charge in [0.1, 0.15) is 29.0 Å². The van der Waals surface area contributed by atoms with Gasteiger partial charge in [0.05, 0.1) is 21.4 Å². The van der Waals surface area contributed by atoms with Gasteiger partial charge >= 0.3 is 0 Å². The van der Waals surface area contributed by atoms with E-state index in [-0.39, 0.29) is 29.2 Å². The van der Waals surface area contributed by atoms with Crippen molar-refractivity contribution in [2.45, 2.75) is 0 Å². The quantitative estimate of drug-likeness (QED) is 0.142. The Balaban J connectivity index is 1.26. The Labute approximate surface area is 256 Å². The topological polar surface area (TPSA) is 101 Å². The number of benzene rings is 4. The molecule has 14 heteroatoms. The zero-order chi connectivity index (χ0) is 30.8. The highest BCUT2D eigenvalue weighted by Gasteiger charge is 2.15. The predicted octanol–water partition coefficient (Wildman–Crippen LogP) is 9.29. The molecular formula is C30H17Cl2F4N7O. The maximum absolute atomic E-state index is 14.3. The number of rotatable bonds is 8. The summed E-state index contributed by atoms with van der Waals surface area (Å²) >= 11 is 12.4. The Morgan fingerprint density at radius 1 is 0.614 bits per heavy atom. The van der Waals surface area contributed by atoms with Gasteiger partial charge in [-0.25, -0.2) is 17.6 Å². The summed E-state index contributed by atoms with van der Waals surface area (Å²) in [4.78, 5) is 12.6. The number of aromatic nitrogens is 4. The predicted molar refractivity (Wildman–Crippen MR) is 160 cm³/mol. The highest BCUT2D eigenvalue weighted by Crippen LogP contribution is 2.35. The van der Waals surface area contributed by atoms with Crippen LogP contribution in [0.4, 0.5) is 52.5 Å². The Hall–Kier alpha value is -5.20. The van der Waals surface area contributed by atoms with Crippen LogP contribution < -0.4 is 16.0 Å². The summed E-state index contributed by atoms with van der Waals surface area (Å²) in [6.07, 6.45) is 0. The molecule has 0 atom stereocenters. The lowest BCUT2D eigenvalue weighted by Crippen LogP contribution is -2.08. The van der Waals surface area contributed by atoms with Crippen molar-refractivity contribution < 1.29 is 22.1 Å². The molecule has 6 rings (SSSR count). The molecule has 0 aliphatic carbocycles. The first-order chi connectivity index (χ1) is 21.2. The molecule has 0 unspecified atom stereocenters. The number of halogens is 6. The van der Waals surface area contributed by atoms with Crippen molar-refractivity contribution in [2.75, 3.05) is 16.0 Å². The molecule has 0 amide bonds. The van der Waals surface area contributed by atoms with E-state index in [9.17, 15) is 17.6 Å². The monoisotopic (exact) mass is 637 g/mol. The van der Waals surface area contributed by atoms with Crippen LogP contribution in [0.1, 0.15) is 0 Å². The van der Waals surface area contributed by atoms with Crippen molar-refractivity contribution in [1.82, 2.24) is 20.1 Å². The van der Waals surface area contributed by atoms with E-state index in [1.807, 2.05) is 0 Å². The fraction of sp³-hybridized carbons (Fsp3) is 0. The molecule has 0 radical (unpaired) electrons. The average Bonchev–Trinajstić information content (AvgIpc) is 3.48. The Morgan fingerprint density at radius 2 is 1.18 bits per heavy atom. The minimum absolute atomic E-state index is 0.0119. The third-order valence-corrected chi connectivity index (χ3v) is 6.97.